The highest BCUT2D eigenvalue weighted by Gasteiger charge is 2.27. The number of carbonyl (C=O) groups is 2. The molecule has 2 amide bonds. The highest BCUT2D eigenvalue weighted by Crippen LogP contribution is 2.18. The van der Waals surface area contributed by atoms with Crippen LogP contribution in [0.1, 0.15) is 22.2 Å². The standard InChI is InChI=1S/C24H28N6O4S/c1-2-27(16-19(31)28-10-12-29(13-11-28)23(33)18-9-6-14-35-18)20-21(25)30(24(34)26-22(20)32)15-17-7-4-3-5-8-17/h3-9,14H,2,10-13,15-16,25H2,1H3,(H,26,32,34). The van der Waals surface area contributed by atoms with Gasteiger partial charge in [0.05, 0.1) is 18.0 Å². The number of piperazine rings is 1. The summed E-state index contributed by atoms with van der Waals surface area (Å²) in [5, 5.41) is 1.86. The van der Waals surface area contributed by atoms with E-state index in [1.165, 1.54) is 15.9 Å². The van der Waals surface area contributed by atoms with Crippen molar-refractivity contribution in [2.24, 2.45) is 0 Å². The molecule has 1 aromatic carbocycles. The Morgan fingerprint density at radius 1 is 1.03 bits per heavy atom. The van der Waals surface area contributed by atoms with E-state index in [-0.39, 0.29) is 36.4 Å². The third-order valence-electron chi connectivity index (χ3n) is 6.07. The van der Waals surface area contributed by atoms with E-state index in [2.05, 4.69) is 4.98 Å². The lowest BCUT2D eigenvalue weighted by Gasteiger charge is -2.36. The van der Waals surface area contributed by atoms with Crippen molar-refractivity contribution >= 4 is 34.7 Å². The molecule has 0 saturated carbocycles. The molecule has 0 unspecified atom stereocenters. The van der Waals surface area contributed by atoms with Gasteiger partial charge in [-0.05, 0) is 23.9 Å². The molecule has 1 aliphatic rings. The average molecular weight is 497 g/mol. The number of nitrogens with one attached hydrogen (secondary N) is 1. The van der Waals surface area contributed by atoms with E-state index in [1.807, 2.05) is 48.7 Å². The van der Waals surface area contributed by atoms with Gasteiger partial charge in [-0.15, -0.1) is 11.3 Å². The summed E-state index contributed by atoms with van der Waals surface area (Å²) in [5.41, 5.74) is 6.02. The molecular weight excluding hydrogens is 468 g/mol. The van der Waals surface area contributed by atoms with E-state index in [1.54, 1.807) is 20.8 Å². The summed E-state index contributed by atoms with van der Waals surface area (Å²) in [6, 6.07) is 12.9. The van der Waals surface area contributed by atoms with Crippen LogP contribution < -0.4 is 21.9 Å². The summed E-state index contributed by atoms with van der Waals surface area (Å²) < 4.78 is 1.30. The van der Waals surface area contributed by atoms with Gasteiger partial charge in [-0.25, -0.2) is 4.79 Å². The Morgan fingerprint density at radius 2 is 1.71 bits per heavy atom. The number of hydrogen-bond acceptors (Lipinski definition) is 7. The lowest BCUT2D eigenvalue weighted by molar-refractivity contribution is -0.131. The van der Waals surface area contributed by atoms with Crippen molar-refractivity contribution < 1.29 is 9.59 Å². The van der Waals surface area contributed by atoms with Gasteiger partial charge in [-0.2, -0.15) is 0 Å². The Hall–Kier alpha value is -3.86. The zero-order chi connectivity index (χ0) is 24.9. The van der Waals surface area contributed by atoms with Crippen LogP contribution >= 0.6 is 11.3 Å². The monoisotopic (exact) mass is 496 g/mol. The van der Waals surface area contributed by atoms with Crippen LogP contribution in [0.3, 0.4) is 0 Å². The van der Waals surface area contributed by atoms with Gasteiger partial charge in [0.1, 0.15) is 11.5 Å². The van der Waals surface area contributed by atoms with Gasteiger partial charge in [0.15, 0.2) is 0 Å². The second-order valence-corrected chi connectivity index (χ2v) is 9.18. The van der Waals surface area contributed by atoms with Gasteiger partial charge < -0.3 is 20.4 Å². The fourth-order valence-corrected chi connectivity index (χ4v) is 4.82. The molecule has 3 N–H and O–H groups in total. The Kier molecular flexibility index (Phi) is 7.35. The molecule has 1 saturated heterocycles. The number of nitrogens with two attached hydrogens (primary N) is 1. The molecule has 35 heavy (non-hydrogen) atoms. The van der Waals surface area contributed by atoms with Crippen molar-refractivity contribution in [3.63, 3.8) is 0 Å². The van der Waals surface area contributed by atoms with Crippen LogP contribution in [0.15, 0.2) is 57.4 Å². The number of nitrogens with zero attached hydrogens (tertiary/aromatic N) is 4. The zero-order valence-corrected chi connectivity index (χ0v) is 20.3. The van der Waals surface area contributed by atoms with E-state index in [0.717, 1.165) is 5.56 Å². The number of amides is 2. The number of aromatic amines is 1. The molecule has 0 spiro atoms. The summed E-state index contributed by atoms with van der Waals surface area (Å²) in [5.74, 6) is -0.180. The average Bonchev–Trinajstić information content (AvgIpc) is 3.41. The first-order valence-electron chi connectivity index (χ1n) is 11.4. The van der Waals surface area contributed by atoms with Gasteiger partial charge in [0, 0.05) is 32.7 Å². The number of likely N-dealkylation sites (N-methyl/N-ethyl adjacent to an activating group) is 1. The lowest BCUT2D eigenvalue weighted by atomic mass is 10.2. The van der Waals surface area contributed by atoms with Crippen LogP contribution in [0.4, 0.5) is 11.5 Å². The fraction of sp³-hybridized carbons (Fsp3) is 0.333. The molecule has 0 atom stereocenters. The SMILES string of the molecule is CCN(CC(=O)N1CCN(C(=O)c2cccs2)CC1)c1c(N)n(Cc2ccccc2)c(=O)[nH]c1=O. The first-order chi connectivity index (χ1) is 16.9. The molecule has 0 radical (unpaired) electrons. The van der Waals surface area contributed by atoms with Crippen LogP contribution in [0, 0.1) is 0 Å². The van der Waals surface area contributed by atoms with E-state index >= 15 is 0 Å². The van der Waals surface area contributed by atoms with E-state index < -0.39 is 11.2 Å². The quantitative estimate of drug-likeness (QED) is 0.504. The molecule has 11 heteroatoms. The van der Waals surface area contributed by atoms with Crippen LogP contribution in [0.2, 0.25) is 0 Å². The normalized spacial score (nSPS) is 13.6. The van der Waals surface area contributed by atoms with Gasteiger partial charge in [-0.3, -0.25) is 23.9 Å². The van der Waals surface area contributed by atoms with E-state index in [4.69, 9.17) is 5.73 Å². The molecule has 4 rings (SSSR count). The largest absolute Gasteiger partial charge is 0.383 e. The molecule has 2 aromatic heterocycles. The number of aromatic nitrogens is 2. The Balaban J connectivity index is 1.47. The smallest absolute Gasteiger partial charge is 0.330 e. The van der Waals surface area contributed by atoms with E-state index in [9.17, 15) is 19.2 Å². The molecule has 3 heterocycles. The maximum absolute atomic E-state index is 13.1. The highest BCUT2D eigenvalue weighted by atomic mass is 32.1. The predicted molar refractivity (Wildman–Crippen MR) is 136 cm³/mol. The molecule has 1 fully saturated rings. The summed E-state index contributed by atoms with van der Waals surface area (Å²) in [7, 11) is 0. The maximum atomic E-state index is 13.1. The molecule has 184 valence electrons. The summed E-state index contributed by atoms with van der Waals surface area (Å²) in [6.45, 7) is 4.00. The summed E-state index contributed by atoms with van der Waals surface area (Å²) >= 11 is 1.40. The first-order valence-corrected chi connectivity index (χ1v) is 12.3. The van der Waals surface area contributed by atoms with Crippen molar-refractivity contribution in [2.75, 3.05) is 49.9 Å². The number of nitrogen functional groups attached to an aromatic ring is 1. The molecule has 10 nitrogen and oxygen atoms in total. The topological polar surface area (TPSA) is 125 Å². The highest BCUT2D eigenvalue weighted by molar-refractivity contribution is 7.12. The number of H-pyrrole nitrogens is 1. The molecule has 1 aliphatic heterocycles. The summed E-state index contributed by atoms with van der Waals surface area (Å²) in [6.07, 6.45) is 0. The van der Waals surface area contributed by atoms with Crippen LogP contribution in [-0.4, -0.2) is 70.4 Å². The van der Waals surface area contributed by atoms with Crippen molar-refractivity contribution in [3.8, 4) is 0 Å². The summed E-state index contributed by atoms with van der Waals surface area (Å²) in [4.78, 5) is 58.8. The third-order valence-corrected chi connectivity index (χ3v) is 6.93. The van der Waals surface area contributed by atoms with Crippen molar-refractivity contribution in [2.45, 2.75) is 13.5 Å². The number of hydrogen-bond donors (Lipinski definition) is 2. The first kappa shape index (κ1) is 24.3. The van der Waals surface area contributed by atoms with Crippen LogP contribution in [-0.2, 0) is 11.3 Å². The van der Waals surface area contributed by atoms with Crippen LogP contribution in [0.5, 0.6) is 0 Å². The Bertz CT molecular complexity index is 1290. The number of anilines is 2. The van der Waals surface area contributed by atoms with Gasteiger partial charge in [-0.1, -0.05) is 36.4 Å². The number of benzene rings is 1. The van der Waals surface area contributed by atoms with Gasteiger partial charge >= 0.3 is 5.69 Å². The second kappa shape index (κ2) is 10.6. The van der Waals surface area contributed by atoms with Gasteiger partial charge in [0.2, 0.25) is 5.91 Å². The number of thiophene rings is 1. The molecule has 0 aliphatic carbocycles. The zero-order valence-electron chi connectivity index (χ0n) is 19.5. The second-order valence-electron chi connectivity index (χ2n) is 8.23. The van der Waals surface area contributed by atoms with Crippen molar-refractivity contribution in [3.05, 3.63) is 79.1 Å². The number of rotatable bonds is 7. The van der Waals surface area contributed by atoms with E-state index in [0.29, 0.717) is 37.6 Å². The third kappa shape index (κ3) is 5.29. The minimum Gasteiger partial charge on any atom is -0.383 e. The van der Waals surface area contributed by atoms with Crippen molar-refractivity contribution in [1.82, 2.24) is 19.4 Å². The molecule has 0 bridgehead atoms. The number of carbonyl (C=O) groups excluding carboxylic acids is 2. The Morgan fingerprint density at radius 3 is 2.34 bits per heavy atom. The molecular formula is C24H28N6O4S. The fourth-order valence-electron chi connectivity index (χ4n) is 4.13. The predicted octanol–water partition coefficient (Wildman–Crippen LogP) is 1.04. The maximum Gasteiger partial charge on any atom is 0.330 e. The molecule has 3 aromatic rings. The minimum atomic E-state index is -0.627. The lowest BCUT2D eigenvalue weighted by Crippen LogP contribution is -2.53. The Labute approximate surface area is 206 Å². The van der Waals surface area contributed by atoms with Crippen molar-refractivity contribution in [1.29, 1.82) is 0 Å². The van der Waals surface area contributed by atoms with Gasteiger partial charge in [0.25, 0.3) is 11.5 Å². The minimum absolute atomic E-state index is 0.0172. The van der Waals surface area contributed by atoms with Crippen LogP contribution in [0.25, 0.3) is 0 Å².